The predicted octanol–water partition coefficient (Wildman–Crippen LogP) is 4.33. The van der Waals surface area contributed by atoms with Crippen LogP contribution in [-0.4, -0.2) is 22.1 Å². The van der Waals surface area contributed by atoms with E-state index in [1.165, 1.54) is 12.1 Å². The van der Waals surface area contributed by atoms with E-state index in [1.54, 1.807) is 35.1 Å². The molecule has 0 spiro atoms. The molecule has 3 aromatic rings. The fraction of sp³-hybridized carbons (Fsp3) is 0.111. The molecule has 3 rings (SSSR count). The summed E-state index contributed by atoms with van der Waals surface area (Å²) in [6, 6.07) is 13.6. The zero-order valence-electron chi connectivity index (χ0n) is 13.6. The van der Waals surface area contributed by atoms with Crippen LogP contribution in [0.1, 0.15) is 16.1 Å². The fourth-order valence-electron chi connectivity index (χ4n) is 2.34. The summed E-state index contributed by atoms with van der Waals surface area (Å²) in [5.74, 6) is -0.729. The molecule has 0 unspecified atom stereocenters. The standard InChI is InChI=1S/C18H14F3N3O2/c1-12-10-11-22-24(12)15-6-2-13(3-7-15)17(25)23-14-4-8-16(9-5-14)26-18(19,20)21/h2-11H,1H3,(H,23,25). The SMILES string of the molecule is Cc1ccnn1-c1ccc(C(=O)Nc2ccc(OC(F)(F)F)cc2)cc1. The molecule has 2 aromatic carbocycles. The maximum atomic E-state index is 12.2. The molecule has 0 radical (unpaired) electrons. The number of anilines is 1. The minimum atomic E-state index is -4.75. The van der Waals surface area contributed by atoms with E-state index in [-0.39, 0.29) is 11.7 Å². The summed E-state index contributed by atoms with van der Waals surface area (Å²) in [7, 11) is 0. The van der Waals surface area contributed by atoms with E-state index < -0.39 is 6.36 Å². The van der Waals surface area contributed by atoms with Gasteiger partial charge in [-0.3, -0.25) is 4.79 Å². The van der Waals surface area contributed by atoms with Crippen LogP contribution in [0, 0.1) is 6.92 Å². The van der Waals surface area contributed by atoms with Crippen molar-refractivity contribution in [2.45, 2.75) is 13.3 Å². The molecule has 1 aromatic heterocycles. The number of hydrogen-bond acceptors (Lipinski definition) is 3. The summed E-state index contributed by atoms with van der Waals surface area (Å²) in [5, 5.41) is 6.80. The number of benzene rings is 2. The molecule has 0 aliphatic heterocycles. The molecular formula is C18H14F3N3O2. The van der Waals surface area contributed by atoms with Gasteiger partial charge in [-0.05, 0) is 61.5 Å². The Bertz CT molecular complexity index is 901. The minimum absolute atomic E-state index is 0.352. The molecule has 0 aliphatic rings. The summed E-state index contributed by atoms with van der Waals surface area (Å²) < 4.78 is 41.9. The Balaban J connectivity index is 1.67. The Kier molecular flexibility index (Phi) is 4.66. The van der Waals surface area contributed by atoms with Crippen LogP contribution < -0.4 is 10.1 Å². The highest BCUT2D eigenvalue weighted by atomic mass is 19.4. The van der Waals surface area contributed by atoms with Crippen LogP contribution in [0.2, 0.25) is 0 Å². The van der Waals surface area contributed by atoms with Crippen molar-refractivity contribution in [2.24, 2.45) is 0 Å². The van der Waals surface area contributed by atoms with E-state index in [1.807, 2.05) is 13.0 Å². The highest BCUT2D eigenvalue weighted by molar-refractivity contribution is 6.04. The van der Waals surface area contributed by atoms with E-state index in [4.69, 9.17) is 0 Å². The number of halogens is 3. The minimum Gasteiger partial charge on any atom is -0.406 e. The van der Waals surface area contributed by atoms with Gasteiger partial charge in [0.05, 0.1) is 5.69 Å². The Hall–Kier alpha value is -3.29. The van der Waals surface area contributed by atoms with Crippen LogP contribution in [0.4, 0.5) is 18.9 Å². The van der Waals surface area contributed by atoms with Gasteiger partial charge in [-0.2, -0.15) is 5.10 Å². The van der Waals surface area contributed by atoms with Crippen molar-refractivity contribution in [3.8, 4) is 11.4 Å². The smallest absolute Gasteiger partial charge is 0.406 e. The predicted molar refractivity (Wildman–Crippen MR) is 89.4 cm³/mol. The third kappa shape index (κ3) is 4.21. The number of aryl methyl sites for hydroxylation is 1. The molecule has 134 valence electrons. The lowest BCUT2D eigenvalue weighted by molar-refractivity contribution is -0.274. The molecule has 0 fully saturated rings. The maximum absolute atomic E-state index is 12.2. The normalized spacial score (nSPS) is 11.2. The van der Waals surface area contributed by atoms with Crippen molar-refractivity contribution in [3.63, 3.8) is 0 Å². The van der Waals surface area contributed by atoms with Gasteiger partial charge in [0.1, 0.15) is 5.75 Å². The number of ether oxygens (including phenoxy) is 1. The molecule has 1 N–H and O–H groups in total. The van der Waals surface area contributed by atoms with Crippen LogP contribution in [0.15, 0.2) is 60.8 Å². The number of aromatic nitrogens is 2. The molecule has 1 amide bonds. The Labute approximate surface area is 147 Å². The summed E-state index contributed by atoms with van der Waals surface area (Å²) >= 11 is 0. The Morgan fingerprint density at radius 1 is 1.04 bits per heavy atom. The van der Waals surface area contributed by atoms with Gasteiger partial charge in [0.25, 0.3) is 5.91 Å². The van der Waals surface area contributed by atoms with Gasteiger partial charge < -0.3 is 10.1 Å². The van der Waals surface area contributed by atoms with Crippen LogP contribution in [0.3, 0.4) is 0 Å². The molecule has 8 heteroatoms. The lowest BCUT2D eigenvalue weighted by Gasteiger charge is -2.10. The van der Waals surface area contributed by atoms with Crippen molar-refractivity contribution < 1.29 is 22.7 Å². The van der Waals surface area contributed by atoms with Crippen LogP contribution >= 0.6 is 0 Å². The highest BCUT2D eigenvalue weighted by Crippen LogP contribution is 2.24. The number of nitrogens with one attached hydrogen (secondary N) is 1. The largest absolute Gasteiger partial charge is 0.573 e. The summed E-state index contributed by atoms with van der Waals surface area (Å²) in [5.41, 5.74) is 2.55. The monoisotopic (exact) mass is 361 g/mol. The first-order chi connectivity index (χ1) is 12.3. The van der Waals surface area contributed by atoms with Crippen molar-refractivity contribution in [1.82, 2.24) is 9.78 Å². The number of alkyl halides is 3. The molecule has 0 atom stereocenters. The molecule has 26 heavy (non-hydrogen) atoms. The van der Waals surface area contributed by atoms with Gasteiger partial charge in [-0.15, -0.1) is 13.2 Å². The first-order valence-corrected chi connectivity index (χ1v) is 7.60. The molecule has 0 aliphatic carbocycles. The molecule has 1 heterocycles. The van der Waals surface area contributed by atoms with Gasteiger partial charge in [0.2, 0.25) is 0 Å². The van der Waals surface area contributed by atoms with Crippen LogP contribution in [0.25, 0.3) is 5.69 Å². The molecular weight excluding hydrogens is 347 g/mol. The zero-order valence-corrected chi connectivity index (χ0v) is 13.6. The molecule has 0 saturated carbocycles. The van der Waals surface area contributed by atoms with Crippen molar-refractivity contribution in [2.75, 3.05) is 5.32 Å². The van der Waals surface area contributed by atoms with Crippen LogP contribution in [0.5, 0.6) is 5.75 Å². The van der Waals surface area contributed by atoms with Gasteiger partial charge in [0, 0.05) is 23.1 Å². The van der Waals surface area contributed by atoms with Crippen LogP contribution in [-0.2, 0) is 0 Å². The Morgan fingerprint density at radius 2 is 1.69 bits per heavy atom. The third-order valence-electron chi connectivity index (χ3n) is 3.55. The van der Waals surface area contributed by atoms with Gasteiger partial charge in [0.15, 0.2) is 0 Å². The third-order valence-corrected chi connectivity index (χ3v) is 3.55. The Morgan fingerprint density at radius 3 is 2.23 bits per heavy atom. The van der Waals surface area contributed by atoms with Gasteiger partial charge in [-0.1, -0.05) is 0 Å². The summed E-state index contributed by atoms with van der Waals surface area (Å²) in [6.07, 6.45) is -3.07. The second-order valence-corrected chi connectivity index (χ2v) is 5.46. The fourth-order valence-corrected chi connectivity index (χ4v) is 2.34. The van der Waals surface area contributed by atoms with E-state index in [0.29, 0.717) is 11.3 Å². The number of carbonyl (C=O) groups is 1. The number of hydrogen-bond donors (Lipinski definition) is 1. The van der Waals surface area contributed by atoms with Crippen molar-refractivity contribution in [3.05, 3.63) is 72.1 Å². The van der Waals surface area contributed by atoms with Gasteiger partial charge >= 0.3 is 6.36 Å². The second-order valence-electron chi connectivity index (χ2n) is 5.46. The lowest BCUT2D eigenvalue weighted by Crippen LogP contribution is -2.17. The topological polar surface area (TPSA) is 56.2 Å². The number of amides is 1. The van der Waals surface area contributed by atoms with E-state index in [2.05, 4.69) is 15.2 Å². The van der Waals surface area contributed by atoms with Crippen molar-refractivity contribution in [1.29, 1.82) is 0 Å². The summed E-state index contributed by atoms with van der Waals surface area (Å²) in [6.45, 7) is 1.92. The van der Waals surface area contributed by atoms with Gasteiger partial charge in [-0.25, -0.2) is 4.68 Å². The zero-order chi connectivity index (χ0) is 18.7. The van der Waals surface area contributed by atoms with Crippen molar-refractivity contribution >= 4 is 11.6 Å². The highest BCUT2D eigenvalue weighted by Gasteiger charge is 2.30. The second kappa shape index (κ2) is 6.91. The average molecular weight is 361 g/mol. The average Bonchev–Trinajstić information content (AvgIpc) is 3.01. The number of rotatable bonds is 4. The van der Waals surface area contributed by atoms with E-state index >= 15 is 0 Å². The number of nitrogens with zero attached hydrogens (tertiary/aromatic N) is 2. The van der Waals surface area contributed by atoms with E-state index in [0.717, 1.165) is 23.5 Å². The lowest BCUT2D eigenvalue weighted by atomic mass is 10.2. The molecule has 5 nitrogen and oxygen atoms in total. The quantitative estimate of drug-likeness (QED) is 0.752. The maximum Gasteiger partial charge on any atom is 0.573 e. The summed E-state index contributed by atoms with van der Waals surface area (Å²) in [4.78, 5) is 12.2. The molecule has 0 saturated heterocycles. The van der Waals surface area contributed by atoms with E-state index in [9.17, 15) is 18.0 Å². The number of carbonyl (C=O) groups excluding carboxylic acids is 1. The molecule has 0 bridgehead atoms. The first kappa shape index (κ1) is 17.5. The first-order valence-electron chi connectivity index (χ1n) is 7.60.